The van der Waals surface area contributed by atoms with E-state index >= 15 is 0 Å². The molecule has 1 aromatic heterocycles. The number of aromatic nitrogens is 2. The lowest BCUT2D eigenvalue weighted by molar-refractivity contribution is -0.143. The second-order valence-corrected chi connectivity index (χ2v) is 8.20. The maximum Gasteiger partial charge on any atom is 0.253 e. The molecule has 1 N–H and O–H groups in total. The summed E-state index contributed by atoms with van der Waals surface area (Å²) in [5, 5.41) is 0. The lowest BCUT2D eigenvalue weighted by Crippen LogP contribution is -2.59. The zero-order valence-corrected chi connectivity index (χ0v) is 16.0. The molecule has 1 aromatic carbocycles. The average molecular weight is 400 g/mol. The molecule has 29 heavy (non-hydrogen) atoms. The number of likely N-dealkylation sites (tertiary alicyclic amines) is 1. The number of fused-ring (bicyclic) bond motifs is 2. The molecule has 2 amide bonds. The lowest BCUT2D eigenvalue weighted by Gasteiger charge is -2.50. The van der Waals surface area contributed by atoms with Gasteiger partial charge in [-0.2, -0.15) is 0 Å². The van der Waals surface area contributed by atoms with Gasteiger partial charge in [0.1, 0.15) is 0 Å². The van der Waals surface area contributed by atoms with Crippen LogP contribution in [0, 0.1) is 17.6 Å². The van der Waals surface area contributed by atoms with Crippen LogP contribution in [0.1, 0.15) is 47.4 Å². The Hall–Kier alpha value is -2.77. The monoisotopic (exact) mass is 400 g/mol. The SMILES string of the molecule is O=C(c1ccc(F)c(F)c1)N1CCC2(CC1)c1nc[nH]c1CCN2C(=O)C1CC1. The van der Waals surface area contributed by atoms with E-state index in [1.54, 1.807) is 11.2 Å². The summed E-state index contributed by atoms with van der Waals surface area (Å²) in [6, 6.07) is 3.22. The minimum atomic E-state index is -1.03. The van der Waals surface area contributed by atoms with E-state index in [0.717, 1.165) is 42.8 Å². The summed E-state index contributed by atoms with van der Waals surface area (Å²) in [5.74, 6) is -2.01. The number of rotatable bonds is 2. The van der Waals surface area contributed by atoms with Gasteiger partial charge in [0, 0.05) is 43.2 Å². The first-order valence-electron chi connectivity index (χ1n) is 10.1. The molecule has 0 atom stereocenters. The smallest absolute Gasteiger partial charge is 0.253 e. The van der Waals surface area contributed by atoms with Crippen molar-refractivity contribution in [1.29, 1.82) is 0 Å². The summed E-state index contributed by atoms with van der Waals surface area (Å²) in [6.07, 6.45) is 5.49. The van der Waals surface area contributed by atoms with E-state index < -0.39 is 17.2 Å². The van der Waals surface area contributed by atoms with Crippen molar-refractivity contribution in [3.8, 4) is 0 Å². The van der Waals surface area contributed by atoms with Gasteiger partial charge in [-0.15, -0.1) is 0 Å². The van der Waals surface area contributed by atoms with Gasteiger partial charge in [0.15, 0.2) is 11.6 Å². The van der Waals surface area contributed by atoms with E-state index in [4.69, 9.17) is 0 Å². The number of nitrogens with one attached hydrogen (secondary N) is 1. The highest BCUT2D eigenvalue weighted by Crippen LogP contribution is 2.45. The predicted octanol–water partition coefficient (Wildman–Crippen LogP) is 2.61. The third-order valence-electron chi connectivity index (χ3n) is 6.50. The Kier molecular flexibility index (Phi) is 4.18. The minimum absolute atomic E-state index is 0.120. The summed E-state index contributed by atoms with van der Waals surface area (Å²) in [7, 11) is 0. The fourth-order valence-corrected chi connectivity index (χ4v) is 4.75. The standard InChI is InChI=1S/C21H22F2N4O2/c22-15-4-3-14(11-16(15)23)19(28)26-9-6-21(7-10-26)18-17(24-12-25-18)5-8-27(21)20(29)13-1-2-13/h3-4,11-13H,1-2,5-10H2,(H,24,25). The van der Waals surface area contributed by atoms with Gasteiger partial charge in [-0.05, 0) is 43.9 Å². The van der Waals surface area contributed by atoms with Crippen LogP contribution in [-0.2, 0) is 16.8 Å². The van der Waals surface area contributed by atoms with Gasteiger partial charge in [0.05, 0.1) is 17.6 Å². The molecule has 1 saturated carbocycles. The molecule has 152 valence electrons. The normalized spacial score (nSPS) is 20.6. The number of hydrogen-bond donors (Lipinski definition) is 1. The zero-order valence-electron chi connectivity index (χ0n) is 16.0. The zero-order chi connectivity index (χ0) is 20.2. The molecular weight excluding hydrogens is 378 g/mol. The van der Waals surface area contributed by atoms with Crippen LogP contribution in [0.25, 0.3) is 0 Å². The number of carbonyl (C=O) groups excluding carboxylic acids is 2. The number of halogens is 2. The molecule has 6 nitrogen and oxygen atoms in total. The fraction of sp³-hybridized carbons (Fsp3) is 0.476. The maximum atomic E-state index is 13.5. The largest absolute Gasteiger partial charge is 0.348 e. The molecule has 1 saturated heterocycles. The van der Waals surface area contributed by atoms with Gasteiger partial charge in [-0.3, -0.25) is 9.59 Å². The molecule has 0 bridgehead atoms. The van der Waals surface area contributed by atoms with Crippen LogP contribution < -0.4 is 0 Å². The van der Waals surface area contributed by atoms with Crippen LogP contribution in [0.3, 0.4) is 0 Å². The number of imidazole rings is 1. The van der Waals surface area contributed by atoms with Gasteiger partial charge >= 0.3 is 0 Å². The Balaban J connectivity index is 1.40. The maximum absolute atomic E-state index is 13.5. The second-order valence-electron chi connectivity index (χ2n) is 8.20. The Morgan fingerprint density at radius 1 is 1.10 bits per heavy atom. The second kappa shape index (κ2) is 6.64. The molecule has 2 fully saturated rings. The molecule has 5 rings (SSSR count). The highest BCUT2D eigenvalue weighted by molar-refractivity contribution is 5.94. The summed E-state index contributed by atoms with van der Waals surface area (Å²) in [6.45, 7) is 1.51. The quantitative estimate of drug-likeness (QED) is 0.843. The van der Waals surface area contributed by atoms with Crippen molar-refractivity contribution in [3.63, 3.8) is 0 Å². The molecule has 0 radical (unpaired) electrons. The molecule has 3 aliphatic rings. The predicted molar refractivity (Wildman–Crippen MR) is 99.9 cm³/mol. The summed E-state index contributed by atoms with van der Waals surface area (Å²) < 4.78 is 26.7. The van der Waals surface area contributed by atoms with Gasteiger partial charge in [-0.1, -0.05) is 0 Å². The van der Waals surface area contributed by atoms with Crippen molar-refractivity contribution >= 4 is 11.8 Å². The van der Waals surface area contributed by atoms with Gasteiger partial charge < -0.3 is 14.8 Å². The fourth-order valence-electron chi connectivity index (χ4n) is 4.75. The number of nitrogens with zero attached hydrogens (tertiary/aromatic N) is 3. The van der Waals surface area contributed by atoms with E-state index in [2.05, 4.69) is 9.97 Å². The van der Waals surface area contributed by atoms with Crippen molar-refractivity contribution in [1.82, 2.24) is 19.8 Å². The highest BCUT2D eigenvalue weighted by Gasteiger charge is 2.51. The molecule has 8 heteroatoms. The van der Waals surface area contributed by atoms with Gasteiger partial charge in [-0.25, -0.2) is 13.8 Å². The average Bonchev–Trinajstić information content (AvgIpc) is 3.47. The van der Waals surface area contributed by atoms with E-state index in [1.165, 1.54) is 6.07 Å². The molecule has 2 aromatic rings. The third-order valence-corrected chi connectivity index (χ3v) is 6.50. The third kappa shape index (κ3) is 2.92. The van der Waals surface area contributed by atoms with Crippen molar-refractivity contribution < 1.29 is 18.4 Å². The van der Waals surface area contributed by atoms with Crippen LogP contribution in [0.15, 0.2) is 24.5 Å². The van der Waals surface area contributed by atoms with Crippen molar-refractivity contribution in [3.05, 3.63) is 53.1 Å². The van der Waals surface area contributed by atoms with Gasteiger partial charge in [0.25, 0.3) is 5.91 Å². The summed E-state index contributed by atoms with van der Waals surface area (Å²) in [5.41, 5.74) is 1.61. The number of piperidine rings is 1. The molecule has 0 unspecified atom stereocenters. The Morgan fingerprint density at radius 2 is 1.86 bits per heavy atom. The molecular formula is C21H22F2N4O2. The number of carbonyl (C=O) groups is 2. The van der Waals surface area contributed by atoms with Crippen LogP contribution >= 0.6 is 0 Å². The summed E-state index contributed by atoms with van der Waals surface area (Å²) >= 11 is 0. The van der Waals surface area contributed by atoms with Crippen molar-refractivity contribution in [2.75, 3.05) is 19.6 Å². The van der Waals surface area contributed by atoms with Crippen LogP contribution in [-0.4, -0.2) is 51.2 Å². The first-order valence-corrected chi connectivity index (χ1v) is 10.1. The van der Waals surface area contributed by atoms with Crippen LogP contribution in [0.4, 0.5) is 8.78 Å². The number of H-pyrrole nitrogens is 1. The van der Waals surface area contributed by atoms with Crippen molar-refractivity contribution in [2.24, 2.45) is 5.92 Å². The van der Waals surface area contributed by atoms with E-state index in [-0.39, 0.29) is 23.3 Å². The minimum Gasteiger partial charge on any atom is -0.348 e. The first kappa shape index (κ1) is 18.3. The van der Waals surface area contributed by atoms with Crippen LogP contribution in [0.2, 0.25) is 0 Å². The lowest BCUT2D eigenvalue weighted by atomic mass is 9.78. The van der Waals surface area contributed by atoms with E-state index in [1.807, 2.05) is 4.90 Å². The van der Waals surface area contributed by atoms with E-state index in [0.29, 0.717) is 32.5 Å². The number of benzene rings is 1. The first-order chi connectivity index (χ1) is 14.0. The Bertz CT molecular complexity index is 977. The van der Waals surface area contributed by atoms with Crippen LogP contribution in [0.5, 0.6) is 0 Å². The van der Waals surface area contributed by atoms with Crippen molar-refractivity contribution in [2.45, 2.75) is 37.6 Å². The molecule has 1 spiro atoms. The highest BCUT2D eigenvalue weighted by atomic mass is 19.2. The van der Waals surface area contributed by atoms with E-state index in [9.17, 15) is 18.4 Å². The molecule has 3 heterocycles. The Morgan fingerprint density at radius 3 is 2.55 bits per heavy atom. The number of hydrogen-bond acceptors (Lipinski definition) is 3. The Labute approximate surface area is 166 Å². The number of amides is 2. The topological polar surface area (TPSA) is 69.3 Å². The van der Waals surface area contributed by atoms with Gasteiger partial charge in [0.2, 0.25) is 5.91 Å². The number of aromatic amines is 1. The molecule has 2 aliphatic heterocycles. The molecule has 1 aliphatic carbocycles. The summed E-state index contributed by atoms with van der Waals surface area (Å²) in [4.78, 5) is 37.2.